The molecule has 2 heterocycles. The predicted molar refractivity (Wildman–Crippen MR) is 95.7 cm³/mol. The molecule has 0 fully saturated rings. The normalized spacial score (nSPS) is 12.6. The van der Waals surface area contributed by atoms with Crippen LogP contribution in [-0.2, 0) is 17.6 Å². The maximum absolute atomic E-state index is 12.1. The number of aryl methyl sites for hydroxylation is 1. The summed E-state index contributed by atoms with van der Waals surface area (Å²) in [7, 11) is 1.36. The summed E-state index contributed by atoms with van der Waals surface area (Å²) in [5, 5.41) is 8.23. The first kappa shape index (κ1) is 16.1. The predicted octanol–water partition coefficient (Wildman–Crippen LogP) is 3.21. The largest absolute Gasteiger partial charge is 0.465 e. The Labute approximate surface area is 146 Å². The Kier molecular flexibility index (Phi) is 4.74. The number of rotatable bonds is 3. The first-order chi connectivity index (χ1) is 11.1. The summed E-state index contributed by atoms with van der Waals surface area (Å²) in [5.41, 5.74) is 1.58. The first-order valence-corrected chi connectivity index (χ1v) is 9.09. The number of ether oxygens (including phenoxy) is 1. The summed E-state index contributed by atoms with van der Waals surface area (Å²) < 4.78 is 4.88. The molecular weight excluding hydrogens is 352 g/mol. The fourth-order valence-electron chi connectivity index (χ4n) is 2.52. The Balaban J connectivity index is 1.76. The number of fused-ring (bicyclic) bond motifs is 1. The van der Waals surface area contributed by atoms with Crippen LogP contribution in [0.15, 0.2) is 17.5 Å². The minimum atomic E-state index is -0.376. The van der Waals surface area contributed by atoms with Gasteiger partial charge < -0.3 is 10.1 Å². The zero-order valence-corrected chi connectivity index (χ0v) is 14.8. The molecule has 3 rings (SSSR count). The summed E-state index contributed by atoms with van der Waals surface area (Å²) in [6.07, 6.45) is 2.87. The Morgan fingerprint density at radius 1 is 1.35 bits per heavy atom. The van der Waals surface area contributed by atoms with Gasteiger partial charge >= 0.3 is 5.97 Å². The van der Waals surface area contributed by atoms with Crippen molar-refractivity contribution in [3.8, 4) is 0 Å². The standard InChI is InChI=1S/C15H14N2O3S3/c1-20-14(19)11-8-4-2-5-9(8)23-13(11)17-15(21)16-12(18)10-6-3-7-22-10/h3,6-7H,2,4-5H2,1H3,(H2,16,17,18,21). The number of hydrogen-bond acceptors (Lipinski definition) is 6. The van der Waals surface area contributed by atoms with E-state index >= 15 is 0 Å². The molecule has 2 aromatic heterocycles. The molecule has 23 heavy (non-hydrogen) atoms. The van der Waals surface area contributed by atoms with E-state index in [1.165, 1.54) is 34.7 Å². The summed E-state index contributed by atoms with van der Waals surface area (Å²) in [4.78, 5) is 25.8. The van der Waals surface area contributed by atoms with Gasteiger partial charge in [-0.3, -0.25) is 10.1 Å². The van der Waals surface area contributed by atoms with Gasteiger partial charge in [-0.25, -0.2) is 4.79 Å². The molecule has 0 radical (unpaired) electrons. The maximum Gasteiger partial charge on any atom is 0.341 e. The number of amides is 1. The third-order valence-corrected chi connectivity index (χ3v) is 5.79. The quantitative estimate of drug-likeness (QED) is 0.645. The van der Waals surface area contributed by atoms with Gasteiger partial charge in [0, 0.05) is 4.88 Å². The van der Waals surface area contributed by atoms with E-state index in [9.17, 15) is 9.59 Å². The first-order valence-electron chi connectivity index (χ1n) is 6.99. The molecule has 8 heteroatoms. The van der Waals surface area contributed by atoms with Crippen LogP contribution in [-0.4, -0.2) is 24.1 Å². The van der Waals surface area contributed by atoms with Crippen molar-refractivity contribution in [3.05, 3.63) is 38.4 Å². The van der Waals surface area contributed by atoms with Crippen molar-refractivity contribution in [1.29, 1.82) is 0 Å². The molecule has 0 spiro atoms. The van der Waals surface area contributed by atoms with E-state index in [-0.39, 0.29) is 17.0 Å². The van der Waals surface area contributed by atoms with Crippen LogP contribution >= 0.6 is 34.9 Å². The fourth-order valence-corrected chi connectivity index (χ4v) is 4.68. The van der Waals surface area contributed by atoms with Crippen molar-refractivity contribution in [2.75, 3.05) is 12.4 Å². The molecule has 0 atom stereocenters. The van der Waals surface area contributed by atoms with Gasteiger partial charge in [0.05, 0.1) is 17.6 Å². The molecule has 2 N–H and O–H groups in total. The smallest absolute Gasteiger partial charge is 0.341 e. The molecule has 1 amide bonds. The van der Waals surface area contributed by atoms with E-state index in [1.807, 2.05) is 5.38 Å². The lowest BCUT2D eigenvalue weighted by Gasteiger charge is -2.09. The van der Waals surface area contributed by atoms with Crippen molar-refractivity contribution >= 4 is 56.9 Å². The second kappa shape index (κ2) is 6.77. The van der Waals surface area contributed by atoms with Gasteiger partial charge in [-0.05, 0) is 48.5 Å². The number of esters is 1. The van der Waals surface area contributed by atoms with Crippen LogP contribution in [0.2, 0.25) is 0 Å². The number of hydrogen-bond donors (Lipinski definition) is 2. The Bertz CT molecular complexity index is 765. The average Bonchev–Trinajstić information content (AvgIpc) is 3.22. The van der Waals surface area contributed by atoms with E-state index in [1.54, 1.807) is 12.1 Å². The molecule has 0 aromatic carbocycles. The van der Waals surface area contributed by atoms with Gasteiger partial charge in [-0.2, -0.15) is 0 Å². The van der Waals surface area contributed by atoms with Gasteiger partial charge in [-0.15, -0.1) is 22.7 Å². The third kappa shape index (κ3) is 3.29. The van der Waals surface area contributed by atoms with Crippen LogP contribution in [0.25, 0.3) is 0 Å². The minimum Gasteiger partial charge on any atom is -0.465 e. The fraction of sp³-hybridized carbons (Fsp3) is 0.267. The lowest BCUT2D eigenvalue weighted by Crippen LogP contribution is -2.33. The highest BCUT2D eigenvalue weighted by Gasteiger charge is 2.27. The van der Waals surface area contributed by atoms with E-state index in [0.717, 1.165) is 24.8 Å². The third-order valence-electron chi connectivity index (χ3n) is 3.51. The summed E-state index contributed by atoms with van der Waals surface area (Å²) in [5.74, 6) is -0.638. The Morgan fingerprint density at radius 3 is 2.87 bits per heavy atom. The lowest BCUT2D eigenvalue weighted by molar-refractivity contribution is 0.0601. The SMILES string of the molecule is COC(=O)c1c(NC(=S)NC(=O)c2cccs2)sc2c1CCC2. The topological polar surface area (TPSA) is 67.4 Å². The number of thiophene rings is 2. The summed E-state index contributed by atoms with van der Waals surface area (Å²) >= 11 is 8.03. The second-order valence-corrected chi connectivity index (χ2v) is 7.40. The highest BCUT2D eigenvalue weighted by molar-refractivity contribution is 7.80. The lowest BCUT2D eigenvalue weighted by atomic mass is 10.1. The zero-order chi connectivity index (χ0) is 16.4. The molecule has 0 aliphatic heterocycles. The molecule has 120 valence electrons. The van der Waals surface area contributed by atoms with Crippen molar-refractivity contribution in [2.24, 2.45) is 0 Å². The molecule has 2 aromatic rings. The Morgan fingerprint density at radius 2 is 2.17 bits per heavy atom. The number of methoxy groups -OCH3 is 1. The van der Waals surface area contributed by atoms with Crippen molar-refractivity contribution in [3.63, 3.8) is 0 Å². The van der Waals surface area contributed by atoms with Crippen LogP contribution < -0.4 is 10.6 Å². The van der Waals surface area contributed by atoms with Crippen LogP contribution in [0.5, 0.6) is 0 Å². The van der Waals surface area contributed by atoms with Gasteiger partial charge in [-0.1, -0.05) is 6.07 Å². The number of anilines is 1. The van der Waals surface area contributed by atoms with E-state index in [4.69, 9.17) is 17.0 Å². The molecular formula is C15H14N2O3S3. The number of carbonyl (C=O) groups is 2. The monoisotopic (exact) mass is 366 g/mol. The molecule has 0 saturated heterocycles. The highest BCUT2D eigenvalue weighted by Crippen LogP contribution is 2.39. The van der Waals surface area contributed by atoms with Crippen LogP contribution in [0, 0.1) is 0 Å². The highest BCUT2D eigenvalue weighted by atomic mass is 32.1. The summed E-state index contributed by atoms with van der Waals surface area (Å²) in [6.45, 7) is 0. The van der Waals surface area contributed by atoms with Gasteiger partial charge in [0.25, 0.3) is 5.91 Å². The second-order valence-electron chi connectivity index (χ2n) is 4.94. The molecule has 0 saturated carbocycles. The van der Waals surface area contributed by atoms with Crippen LogP contribution in [0.4, 0.5) is 5.00 Å². The molecule has 0 unspecified atom stereocenters. The molecule has 1 aliphatic rings. The minimum absolute atomic E-state index is 0.175. The molecule has 5 nitrogen and oxygen atoms in total. The maximum atomic E-state index is 12.1. The van der Waals surface area contributed by atoms with Gasteiger partial charge in [0.2, 0.25) is 0 Å². The van der Waals surface area contributed by atoms with Crippen LogP contribution in [0.3, 0.4) is 0 Å². The zero-order valence-electron chi connectivity index (χ0n) is 12.3. The average molecular weight is 366 g/mol. The summed E-state index contributed by atoms with van der Waals surface area (Å²) in [6, 6.07) is 3.53. The van der Waals surface area contributed by atoms with E-state index in [2.05, 4.69) is 10.6 Å². The number of carbonyl (C=O) groups excluding carboxylic acids is 2. The number of nitrogens with one attached hydrogen (secondary N) is 2. The van der Waals surface area contributed by atoms with Crippen molar-refractivity contribution in [2.45, 2.75) is 19.3 Å². The van der Waals surface area contributed by atoms with Crippen molar-refractivity contribution in [1.82, 2.24) is 5.32 Å². The molecule has 0 bridgehead atoms. The van der Waals surface area contributed by atoms with Gasteiger partial charge in [0.15, 0.2) is 5.11 Å². The van der Waals surface area contributed by atoms with Gasteiger partial charge in [0.1, 0.15) is 5.00 Å². The van der Waals surface area contributed by atoms with Crippen molar-refractivity contribution < 1.29 is 14.3 Å². The van der Waals surface area contributed by atoms with E-state index < -0.39 is 0 Å². The van der Waals surface area contributed by atoms with Crippen LogP contribution in [0.1, 0.15) is 36.9 Å². The van der Waals surface area contributed by atoms with E-state index in [0.29, 0.717) is 15.4 Å². The Hall–Kier alpha value is -1.77. The number of thiocarbonyl (C=S) groups is 1. The molecule has 1 aliphatic carbocycles.